The third kappa shape index (κ3) is 3.52. The predicted molar refractivity (Wildman–Crippen MR) is 78.5 cm³/mol. The summed E-state index contributed by atoms with van der Waals surface area (Å²) < 4.78 is 6.81. The lowest BCUT2D eigenvalue weighted by atomic mass is 10.0. The van der Waals surface area contributed by atoms with E-state index >= 15 is 0 Å². The Morgan fingerprint density at radius 2 is 2.38 bits per heavy atom. The van der Waals surface area contributed by atoms with E-state index in [1.807, 2.05) is 29.8 Å². The molecule has 1 unspecified atom stereocenters. The van der Waals surface area contributed by atoms with Gasteiger partial charge in [0.1, 0.15) is 0 Å². The van der Waals surface area contributed by atoms with Crippen LogP contribution < -0.4 is 0 Å². The second kappa shape index (κ2) is 6.76. The van der Waals surface area contributed by atoms with Gasteiger partial charge in [-0.3, -0.25) is 4.79 Å². The standard InChI is InChI=1S/C14H17N5O2/c1-3-21-14(20)7-5-11(17-18-15)10-4-6-13-12(8-10)16-9-19(13)2/h4,6,8-9,11H,3,5,7H2,1-2H3. The highest BCUT2D eigenvalue weighted by Crippen LogP contribution is 2.26. The van der Waals surface area contributed by atoms with Gasteiger partial charge in [0.25, 0.3) is 0 Å². The van der Waals surface area contributed by atoms with Gasteiger partial charge in [-0.1, -0.05) is 11.2 Å². The van der Waals surface area contributed by atoms with Gasteiger partial charge in [0, 0.05) is 18.4 Å². The molecule has 0 amide bonds. The van der Waals surface area contributed by atoms with Crippen molar-refractivity contribution < 1.29 is 9.53 Å². The molecule has 110 valence electrons. The van der Waals surface area contributed by atoms with Crippen molar-refractivity contribution in [3.05, 3.63) is 40.5 Å². The Balaban J connectivity index is 2.19. The topological polar surface area (TPSA) is 92.9 Å². The average Bonchev–Trinajstić information content (AvgIpc) is 2.85. The minimum Gasteiger partial charge on any atom is -0.466 e. The van der Waals surface area contributed by atoms with Gasteiger partial charge in [-0.15, -0.1) is 0 Å². The zero-order chi connectivity index (χ0) is 15.2. The highest BCUT2D eigenvalue weighted by atomic mass is 16.5. The van der Waals surface area contributed by atoms with Crippen LogP contribution in [-0.4, -0.2) is 22.1 Å². The number of imidazole rings is 1. The molecule has 0 fully saturated rings. The second-order valence-corrected chi connectivity index (χ2v) is 4.67. The van der Waals surface area contributed by atoms with Crippen LogP contribution >= 0.6 is 0 Å². The summed E-state index contributed by atoms with van der Waals surface area (Å²) >= 11 is 0. The first-order chi connectivity index (χ1) is 10.2. The number of hydrogen-bond donors (Lipinski definition) is 0. The zero-order valence-electron chi connectivity index (χ0n) is 12.1. The molecule has 1 aromatic heterocycles. The van der Waals surface area contributed by atoms with Gasteiger partial charge in [-0.25, -0.2) is 4.98 Å². The number of fused-ring (bicyclic) bond motifs is 1. The van der Waals surface area contributed by atoms with Gasteiger partial charge in [0.2, 0.25) is 0 Å². The van der Waals surface area contributed by atoms with Crippen LogP contribution in [0.3, 0.4) is 0 Å². The van der Waals surface area contributed by atoms with E-state index in [0.717, 1.165) is 16.6 Å². The van der Waals surface area contributed by atoms with E-state index in [1.165, 1.54) is 0 Å². The van der Waals surface area contributed by atoms with Crippen molar-refractivity contribution in [1.29, 1.82) is 0 Å². The summed E-state index contributed by atoms with van der Waals surface area (Å²) in [6.07, 6.45) is 2.37. The Hall–Kier alpha value is -2.53. The van der Waals surface area contributed by atoms with Crippen LogP contribution in [0.5, 0.6) is 0 Å². The number of aromatic nitrogens is 2. The van der Waals surface area contributed by atoms with Gasteiger partial charge in [-0.2, -0.15) is 0 Å². The molecule has 1 heterocycles. The summed E-state index contributed by atoms with van der Waals surface area (Å²) in [5.41, 5.74) is 11.4. The fourth-order valence-corrected chi connectivity index (χ4v) is 2.20. The molecule has 0 aliphatic rings. The number of aryl methyl sites for hydroxylation is 1. The molecule has 0 saturated heterocycles. The maximum atomic E-state index is 11.4. The molecule has 2 aromatic rings. The SMILES string of the molecule is CCOC(=O)CCC(N=[N+]=[N-])c1ccc2c(c1)ncn2C. The third-order valence-electron chi connectivity index (χ3n) is 3.25. The number of carbonyl (C=O) groups excluding carboxylic acids is 1. The maximum Gasteiger partial charge on any atom is 0.305 e. The van der Waals surface area contributed by atoms with Crippen molar-refractivity contribution in [2.75, 3.05) is 6.61 Å². The van der Waals surface area contributed by atoms with Crippen LogP contribution in [0, 0.1) is 0 Å². The first-order valence-electron chi connectivity index (χ1n) is 6.76. The zero-order valence-corrected chi connectivity index (χ0v) is 12.1. The van der Waals surface area contributed by atoms with Crippen LogP contribution in [0.15, 0.2) is 29.6 Å². The molecule has 21 heavy (non-hydrogen) atoms. The number of azide groups is 1. The molecule has 1 aromatic carbocycles. The molecular weight excluding hydrogens is 270 g/mol. The lowest BCUT2D eigenvalue weighted by Gasteiger charge is -2.11. The quantitative estimate of drug-likeness (QED) is 0.353. The summed E-state index contributed by atoms with van der Waals surface area (Å²) in [4.78, 5) is 18.6. The lowest BCUT2D eigenvalue weighted by Crippen LogP contribution is -2.06. The van der Waals surface area contributed by atoms with Crippen LogP contribution in [0.1, 0.15) is 31.4 Å². The normalized spacial score (nSPS) is 11.9. The average molecular weight is 287 g/mol. The van der Waals surface area contributed by atoms with Crippen molar-refractivity contribution in [2.24, 2.45) is 12.2 Å². The molecule has 0 saturated carbocycles. The molecule has 0 aliphatic carbocycles. The van der Waals surface area contributed by atoms with Crippen LogP contribution in [0.25, 0.3) is 21.5 Å². The number of nitrogens with zero attached hydrogens (tertiary/aromatic N) is 5. The van der Waals surface area contributed by atoms with Crippen molar-refractivity contribution >= 4 is 17.0 Å². The Morgan fingerprint density at radius 3 is 3.10 bits per heavy atom. The summed E-state index contributed by atoms with van der Waals surface area (Å²) in [5, 5.41) is 3.78. The molecule has 0 bridgehead atoms. The smallest absolute Gasteiger partial charge is 0.305 e. The second-order valence-electron chi connectivity index (χ2n) is 4.67. The van der Waals surface area contributed by atoms with E-state index in [1.54, 1.807) is 13.3 Å². The Bertz CT molecular complexity index is 688. The molecule has 0 N–H and O–H groups in total. The monoisotopic (exact) mass is 287 g/mol. The first kappa shape index (κ1) is 14.9. The van der Waals surface area contributed by atoms with Crippen LogP contribution in [-0.2, 0) is 16.6 Å². The highest BCUT2D eigenvalue weighted by Gasteiger charge is 2.14. The fourth-order valence-electron chi connectivity index (χ4n) is 2.20. The lowest BCUT2D eigenvalue weighted by molar-refractivity contribution is -0.143. The van der Waals surface area contributed by atoms with Crippen LogP contribution in [0.2, 0.25) is 0 Å². The van der Waals surface area contributed by atoms with Crippen LogP contribution in [0.4, 0.5) is 0 Å². The molecule has 1 atom stereocenters. The number of rotatable bonds is 6. The first-order valence-corrected chi connectivity index (χ1v) is 6.76. The molecule has 0 aliphatic heterocycles. The van der Waals surface area contributed by atoms with Crippen molar-refractivity contribution in [3.63, 3.8) is 0 Å². The van der Waals surface area contributed by atoms with Gasteiger partial charge in [0.05, 0.1) is 30.0 Å². The maximum absolute atomic E-state index is 11.4. The minimum absolute atomic E-state index is 0.220. The predicted octanol–water partition coefficient (Wildman–Crippen LogP) is 3.27. The van der Waals surface area contributed by atoms with E-state index in [2.05, 4.69) is 15.0 Å². The summed E-state index contributed by atoms with van der Waals surface area (Å²) in [5.74, 6) is -0.283. The number of esters is 1. The highest BCUT2D eigenvalue weighted by molar-refractivity contribution is 5.76. The fraction of sp³-hybridized carbons (Fsp3) is 0.429. The summed E-state index contributed by atoms with van der Waals surface area (Å²) in [7, 11) is 1.92. The van der Waals surface area contributed by atoms with Gasteiger partial charge >= 0.3 is 5.97 Å². The third-order valence-corrected chi connectivity index (χ3v) is 3.25. The molecule has 0 spiro atoms. The van der Waals surface area contributed by atoms with Gasteiger partial charge < -0.3 is 9.30 Å². The largest absolute Gasteiger partial charge is 0.466 e. The molecule has 7 nitrogen and oxygen atoms in total. The summed E-state index contributed by atoms with van der Waals surface area (Å²) in [6.45, 7) is 2.11. The van der Waals surface area contributed by atoms with Crippen molar-refractivity contribution in [1.82, 2.24) is 9.55 Å². The number of ether oxygens (including phenoxy) is 1. The van der Waals surface area contributed by atoms with E-state index < -0.39 is 6.04 Å². The minimum atomic E-state index is -0.397. The Labute approximate surface area is 122 Å². The van der Waals surface area contributed by atoms with E-state index in [0.29, 0.717) is 13.0 Å². The van der Waals surface area contributed by atoms with Crippen molar-refractivity contribution in [2.45, 2.75) is 25.8 Å². The number of hydrogen-bond acceptors (Lipinski definition) is 4. The molecule has 2 rings (SSSR count). The number of carbonyl (C=O) groups is 1. The molecular formula is C14H17N5O2. The Morgan fingerprint density at radius 1 is 1.57 bits per heavy atom. The number of benzene rings is 1. The Kier molecular flexibility index (Phi) is 4.79. The summed E-state index contributed by atoms with van der Waals surface area (Å²) in [6, 6.07) is 5.32. The van der Waals surface area contributed by atoms with Crippen molar-refractivity contribution in [3.8, 4) is 0 Å². The van der Waals surface area contributed by atoms with E-state index in [9.17, 15) is 4.79 Å². The van der Waals surface area contributed by atoms with E-state index in [-0.39, 0.29) is 12.4 Å². The van der Waals surface area contributed by atoms with E-state index in [4.69, 9.17) is 10.3 Å². The van der Waals surface area contributed by atoms with Gasteiger partial charge in [-0.05, 0) is 36.6 Å². The van der Waals surface area contributed by atoms with Gasteiger partial charge in [0.15, 0.2) is 0 Å². The molecule has 0 radical (unpaired) electrons. The molecule has 7 heteroatoms.